The number of carbonyl (C=O) groups is 1. The smallest absolute Gasteiger partial charge is 0.289 e. The number of fused-ring (bicyclic) bond motifs is 1. The van der Waals surface area contributed by atoms with Gasteiger partial charge in [0.25, 0.3) is 5.91 Å². The van der Waals surface area contributed by atoms with Gasteiger partial charge in [-0.05, 0) is 31.2 Å². The summed E-state index contributed by atoms with van der Waals surface area (Å²) in [6.45, 7) is 2.90. The van der Waals surface area contributed by atoms with Crippen molar-refractivity contribution >= 4 is 16.9 Å². The molecule has 0 saturated heterocycles. The molecule has 25 heavy (non-hydrogen) atoms. The van der Waals surface area contributed by atoms with Crippen LogP contribution in [0.25, 0.3) is 11.0 Å². The lowest BCUT2D eigenvalue weighted by Gasteiger charge is -2.16. The van der Waals surface area contributed by atoms with Crippen molar-refractivity contribution in [3.05, 3.63) is 59.9 Å². The molecular weight excluding hydrogens is 318 g/mol. The quantitative estimate of drug-likeness (QED) is 0.683. The number of amides is 1. The molecule has 130 valence electrons. The van der Waals surface area contributed by atoms with Crippen LogP contribution in [-0.4, -0.2) is 38.1 Å². The second-order valence-electron chi connectivity index (χ2n) is 5.88. The molecule has 0 fully saturated rings. The molecule has 0 N–H and O–H groups in total. The number of benzene rings is 2. The fraction of sp³-hybridized carbons (Fsp3) is 0.250. The highest BCUT2D eigenvalue weighted by Gasteiger charge is 2.18. The largest absolute Gasteiger partial charge is 0.493 e. The lowest BCUT2D eigenvalue weighted by molar-refractivity contribution is 0.0744. The van der Waals surface area contributed by atoms with Crippen molar-refractivity contribution in [2.24, 2.45) is 0 Å². The number of rotatable bonds is 6. The summed E-state index contributed by atoms with van der Waals surface area (Å²) in [6.07, 6.45) is 0. The van der Waals surface area contributed by atoms with E-state index < -0.39 is 0 Å². The topological polar surface area (TPSA) is 51.9 Å². The summed E-state index contributed by atoms with van der Waals surface area (Å²) in [6, 6.07) is 15.1. The van der Waals surface area contributed by atoms with Gasteiger partial charge in [0.15, 0.2) is 17.1 Å². The van der Waals surface area contributed by atoms with Crippen molar-refractivity contribution in [3.8, 4) is 11.5 Å². The lowest BCUT2D eigenvalue weighted by atomic mass is 10.2. The average molecular weight is 339 g/mol. The lowest BCUT2D eigenvalue weighted by Crippen LogP contribution is -2.30. The molecule has 1 amide bonds. The summed E-state index contributed by atoms with van der Waals surface area (Å²) in [5.74, 6) is 1.50. The molecule has 0 saturated carbocycles. The van der Waals surface area contributed by atoms with E-state index in [-0.39, 0.29) is 11.7 Å². The van der Waals surface area contributed by atoms with Gasteiger partial charge in [0, 0.05) is 12.4 Å². The number of nitrogens with zero attached hydrogens (tertiary/aromatic N) is 1. The number of para-hydroxylation sites is 1. The van der Waals surface area contributed by atoms with Gasteiger partial charge in [0.1, 0.15) is 12.4 Å². The van der Waals surface area contributed by atoms with Crippen LogP contribution < -0.4 is 9.47 Å². The van der Waals surface area contributed by atoms with Gasteiger partial charge in [-0.25, -0.2) is 0 Å². The summed E-state index contributed by atoms with van der Waals surface area (Å²) in [7, 11) is 3.30. The third-order valence-corrected chi connectivity index (χ3v) is 4.00. The molecular formula is C20H21NO4. The van der Waals surface area contributed by atoms with E-state index in [0.717, 1.165) is 11.1 Å². The third-order valence-electron chi connectivity index (χ3n) is 4.00. The maximum atomic E-state index is 12.5. The fourth-order valence-electron chi connectivity index (χ4n) is 2.53. The molecule has 0 atom stereocenters. The standard InChI is InChI=1S/C20H21NO4/c1-14-7-9-16(10-8-14)24-12-11-21(2)20(22)18-13-15-5-4-6-17(23-3)19(15)25-18/h4-10,13H,11-12H2,1-3H3. The van der Waals surface area contributed by atoms with Crippen LogP contribution in [0.5, 0.6) is 11.5 Å². The summed E-state index contributed by atoms with van der Waals surface area (Å²) >= 11 is 0. The van der Waals surface area contributed by atoms with E-state index in [0.29, 0.717) is 24.5 Å². The van der Waals surface area contributed by atoms with Crippen molar-refractivity contribution in [2.75, 3.05) is 27.3 Å². The summed E-state index contributed by atoms with van der Waals surface area (Å²) in [5, 5.41) is 0.840. The summed E-state index contributed by atoms with van der Waals surface area (Å²) in [4.78, 5) is 14.1. The van der Waals surface area contributed by atoms with Crippen LogP contribution in [0.15, 0.2) is 52.9 Å². The van der Waals surface area contributed by atoms with Crippen LogP contribution in [0.3, 0.4) is 0 Å². The zero-order valence-electron chi connectivity index (χ0n) is 14.6. The second-order valence-corrected chi connectivity index (χ2v) is 5.88. The molecule has 3 rings (SSSR count). The predicted octanol–water partition coefficient (Wildman–Crippen LogP) is 3.90. The normalized spacial score (nSPS) is 10.7. The first kappa shape index (κ1) is 16.9. The second kappa shape index (κ2) is 7.30. The molecule has 0 aliphatic heterocycles. The molecule has 1 heterocycles. The number of likely N-dealkylation sites (N-methyl/N-ethyl adjacent to an activating group) is 1. The Hall–Kier alpha value is -2.95. The Morgan fingerprint density at radius 2 is 1.92 bits per heavy atom. The highest BCUT2D eigenvalue weighted by molar-refractivity contribution is 5.97. The first-order chi connectivity index (χ1) is 12.1. The zero-order valence-corrected chi connectivity index (χ0v) is 14.6. The minimum absolute atomic E-state index is 0.189. The number of hydrogen-bond acceptors (Lipinski definition) is 4. The van der Waals surface area contributed by atoms with E-state index in [1.807, 2.05) is 43.3 Å². The van der Waals surface area contributed by atoms with Gasteiger partial charge < -0.3 is 18.8 Å². The molecule has 5 heteroatoms. The molecule has 1 aromatic heterocycles. The average Bonchev–Trinajstić information content (AvgIpc) is 3.06. The Labute approximate surface area is 146 Å². The van der Waals surface area contributed by atoms with E-state index in [4.69, 9.17) is 13.9 Å². The molecule has 5 nitrogen and oxygen atoms in total. The van der Waals surface area contributed by atoms with Gasteiger partial charge in [0.2, 0.25) is 0 Å². The SMILES string of the molecule is COc1cccc2cc(C(=O)N(C)CCOc3ccc(C)cc3)oc12. The minimum Gasteiger partial charge on any atom is -0.493 e. The highest BCUT2D eigenvalue weighted by Crippen LogP contribution is 2.28. The van der Waals surface area contributed by atoms with Gasteiger partial charge in [0.05, 0.1) is 13.7 Å². The highest BCUT2D eigenvalue weighted by atomic mass is 16.5. The van der Waals surface area contributed by atoms with Crippen molar-refractivity contribution < 1.29 is 18.7 Å². The molecule has 0 aliphatic rings. The number of carbonyl (C=O) groups excluding carboxylic acids is 1. The number of ether oxygens (including phenoxy) is 2. The van der Waals surface area contributed by atoms with E-state index in [9.17, 15) is 4.79 Å². The van der Waals surface area contributed by atoms with Crippen LogP contribution in [-0.2, 0) is 0 Å². The molecule has 2 aromatic carbocycles. The van der Waals surface area contributed by atoms with E-state index in [1.54, 1.807) is 31.2 Å². The molecule has 0 spiro atoms. The van der Waals surface area contributed by atoms with Gasteiger partial charge in [-0.15, -0.1) is 0 Å². The molecule has 0 unspecified atom stereocenters. The van der Waals surface area contributed by atoms with E-state index in [2.05, 4.69) is 0 Å². The zero-order chi connectivity index (χ0) is 17.8. The van der Waals surface area contributed by atoms with Crippen LogP contribution in [0.1, 0.15) is 16.1 Å². The Morgan fingerprint density at radius 1 is 1.16 bits per heavy atom. The number of aryl methyl sites for hydroxylation is 1. The van der Waals surface area contributed by atoms with Crippen molar-refractivity contribution in [2.45, 2.75) is 6.92 Å². The van der Waals surface area contributed by atoms with Gasteiger partial charge in [-0.2, -0.15) is 0 Å². The van der Waals surface area contributed by atoms with Crippen molar-refractivity contribution in [3.63, 3.8) is 0 Å². The number of furan rings is 1. The molecule has 3 aromatic rings. The van der Waals surface area contributed by atoms with Crippen molar-refractivity contribution in [1.82, 2.24) is 4.90 Å². The minimum atomic E-state index is -0.189. The Balaban J connectivity index is 1.63. The third kappa shape index (κ3) is 3.76. The summed E-state index contributed by atoms with van der Waals surface area (Å²) in [5.41, 5.74) is 1.76. The molecule has 0 radical (unpaired) electrons. The summed E-state index contributed by atoms with van der Waals surface area (Å²) < 4.78 is 16.6. The fourth-order valence-corrected chi connectivity index (χ4v) is 2.53. The van der Waals surface area contributed by atoms with Gasteiger partial charge in [-0.1, -0.05) is 29.8 Å². The monoisotopic (exact) mass is 339 g/mol. The van der Waals surface area contributed by atoms with Crippen LogP contribution in [0.4, 0.5) is 0 Å². The van der Waals surface area contributed by atoms with E-state index >= 15 is 0 Å². The first-order valence-electron chi connectivity index (χ1n) is 8.10. The molecule has 0 bridgehead atoms. The predicted molar refractivity (Wildman–Crippen MR) is 96.4 cm³/mol. The van der Waals surface area contributed by atoms with Gasteiger partial charge in [-0.3, -0.25) is 4.79 Å². The maximum absolute atomic E-state index is 12.5. The number of methoxy groups -OCH3 is 1. The van der Waals surface area contributed by atoms with Crippen LogP contribution >= 0.6 is 0 Å². The Kier molecular flexibility index (Phi) is 4.93. The van der Waals surface area contributed by atoms with Gasteiger partial charge >= 0.3 is 0 Å². The van der Waals surface area contributed by atoms with E-state index in [1.165, 1.54) is 5.56 Å². The Morgan fingerprint density at radius 3 is 2.64 bits per heavy atom. The van der Waals surface area contributed by atoms with Crippen LogP contribution in [0, 0.1) is 6.92 Å². The number of hydrogen-bond donors (Lipinski definition) is 0. The van der Waals surface area contributed by atoms with Crippen LogP contribution in [0.2, 0.25) is 0 Å². The Bertz CT molecular complexity index is 867. The first-order valence-corrected chi connectivity index (χ1v) is 8.10. The maximum Gasteiger partial charge on any atom is 0.289 e. The molecule has 0 aliphatic carbocycles. The van der Waals surface area contributed by atoms with Crippen molar-refractivity contribution in [1.29, 1.82) is 0 Å².